The summed E-state index contributed by atoms with van der Waals surface area (Å²) in [6, 6.07) is 2.16. The maximum Gasteiger partial charge on any atom is 0.130 e. The summed E-state index contributed by atoms with van der Waals surface area (Å²) in [6.45, 7) is 3.76. The first kappa shape index (κ1) is 12.5. The second-order valence-electron chi connectivity index (χ2n) is 3.76. The maximum atomic E-state index is 10.9. The van der Waals surface area contributed by atoms with E-state index in [1.165, 1.54) is 4.88 Å². The summed E-state index contributed by atoms with van der Waals surface area (Å²) in [7, 11) is 0. The maximum absolute atomic E-state index is 10.9. The van der Waals surface area contributed by atoms with Gasteiger partial charge in [-0.3, -0.25) is 4.79 Å². The Kier molecular flexibility index (Phi) is 4.12. The molecule has 0 aromatic carbocycles. The molecule has 2 aromatic rings. The number of hydrogen-bond acceptors (Lipinski definition) is 5. The number of ketones is 1. The van der Waals surface area contributed by atoms with Gasteiger partial charge in [0.25, 0.3) is 0 Å². The molecule has 0 fully saturated rings. The van der Waals surface area contributed by atoms with Crippen molar-refractivity contribution in [2.75, 3.05) is 5.75 Å². The van der Waals surface area contributed by atoms with Gasteiger partial charge < -0.3 is 0 Å². The molecule has 0 unspecified atom stereocenters. The highest BCUT2D eigenvalue weighted by Gasteiger charge is 2.08. The molecule has 0 spiro atoms. The van der Waals surface area contributed by atoms with Crippen LogP contribution in [-0.4, -0.2) is 21.5 Å². The summed E-state index contributed by atoms with van der Waals surface area (Å²) in [5.74, 6) is 1.01. The van der Waals surface area contributed by atoms with E-state index in [9.17, 15) is 4.79 Å². The first-order valence-corrected chi connectivity index (χ1v) is 7.36. The molecule has 3 nitrogen and oxygen atoms in total. The van der Waals surface area contributed by atoms with E-state index in [4.69, 9.17) is 0 Å². The smallest absolute Gasteiger partial charge is 0.130 e. The molecule has 0 saturated heterocycles. The Morgan fingerprint density at radius 1 is 1.47 bits per heavy atom. The number of thioether (sulfide) groups is 1. The average Bonchev–Trinajstić information content (AvgIpc) is 2.72. The number of rotatable bonds is 5. The van der Waals surface area contributed by atoms with Gasteiger partial charge in [-0.15, -0.1) is 23.1 Å². The largest absolute Gasteiger partial charge is 0.300 e. The fourth-order valence-electron chi connectivity index (χ4n) is 1.46. The summed E-state index contributed by atoms with van der Waals surface area (Å²) in [5.41, 5.74) is 0. The number of aryl methyl sites for hydroxylation is 1. The number of fused-ring (bicyclic) bond motifs is 1. The molecule has 0 saturated carbocycles. The number of carbonyl (C=O) groups is 1. The van der Waals surface area contributed by atoms with Crippen LogP contribution in [0.25, 0.3) is 10.2 Å². The minimum absolute atomic E-state index is 0.224. The van der Waals surface area contributed by atoms with Crippen LogP contribution >= 0.6 is 23.1 Å². The molecule has 2 aromatic heterocycles. The number of hydrogen-bond donors (Lipinski definition) is 0. The van der Waals surface area contributed by atoms with Crippen LogP contribution in [0.15, 0.2) is 17.4 Å². The molecule has 2 rings (SSSR count). The van der Waals surface area contributed by atoms with E-state index < -0.39 is 0 Å². The molecule has 5 heteroatoms. The molecule has 0 aliphatic carbocycles. The molecule has 0 aliphatic rings. The van der Waals surface area contributed by atoms with Crippen molar-refractivity contribution >= 4 is 39.1 Å². The van der Waals surface area contributed by atoms with Gasteiger partial charge in [0.2, 0.25) is 0 Å². The van der Waals surface area contributed by atoms with Gasteiger partial charge in [0.1, 0.15) is 22.0 Å². The lowest BCUT2D eigenvalue weighted by molar-refractivity contribution is -0.116. The quantitative estimate of drug-likeness (QED) is 0.615. The van der Waals surface area contributed by atoms with E-state index >= 15 is 0 Å². The van der Waals surface area contributed by atoms with E-state index in [0.717, 1.165) is 27.4 Å². The minimum Gasteiger partial charge on any atom is -0.300 e. The van der Waals surface area contributed by atoms with Gasteiger partial charge in [0.05, 0.1) is 0 Å². The lowest BCUT2D eigenvalue weighted by atomic mass is 10.3. The van der Waals surface area contributed by atoms with Gasteiger partial charge in [-0.1, -0.05) is 6.92 Å². The van der Waals surface area contributed by atoms with Crippen molar-refractivity contribution in [2.24, 2.45) is 0 Å². The molecule has 90 valence electrons. The Labute approximate surface area is 109 Å². The Hall–Kier alpha value is -0.940. The average molecular weight is 266 g/mol. The Morgan fingerprint density at radius 3 is 3.00 bits per heavy atom. The van der Waals surface area contributed by atoms with Crippen molar-refractivity contribution in [3.63, 3.8) is 0 Å². The number of thiophene rings is 1. The van der Waals surface area contributed by atoms with Crippen LogP contribution in [0, 0.1) is 0 Å². The Morgan fingerprint density at radius 2 is 2.29 bits per heavy atom. The standard InChI is InChI=1S/C12H14N2OS2/c1-3-9-6-10-11(16-5-4-8(2)15)13-7-14-12(10)17-9/h6-7H,3-5H2,1-2H3. The lowest BCUT2D eigenvalue weighted by Crippen LogP contribution is -1.92. The monoisotopic (exact) mass is 266 g/mol. The zero-order valence-electron chi connectivity index (χ0n) is 9.90. The predicted molar refractivity (Wildman–Crippen MR) is 72.8 cm³/mol. The third kappa shape index (κ3) is 3.04. The zero-order chi connectivity index (χ0) is 12.3. The number of carbonyl (C=O) groups excluding carboxylic acids is 1. The van der Waals surface area contributed by atoms with Crippen molar-refractivity contribution in [1.82, 2.24) is 9.97 Å². The number of nitrogens with zero attached hydrogens (tertiary/aromatic N) is 2. The third-order valence-electron chi connectivity index (χ3n) is 2.39. The summed E-state index contributed by atoms with van der Waals surface area (Å²) >= 11 is 3.36. The topological polar surface area (TPSA) is 42.9 Å². The first-order valence-electron chi connectivity index (χ1n) is 5.56. The molecular formula is C12H14N2OS2. The Bertz CT molecular complexity index is 536. The van der Waals surface area contributed by atoms with Crippen LogP contribution in [0.3, 0.4) is 0 Å². The molecule has 0 aliphatic heterocycles. The highest BCUT2D eigenvalue weighted by atomic mass is 32.2. The normalized spacial score (nSPS) is 10.9. The van der Waals surface area contributed by atoms with E-state index in [2.05, 4.69) is 23.0 Å². The SMILES string of the molecule is CCc1cc2c(SCCC(C)=O)ncnc2s1. The molecule has 0 atom stereocenters. The second-order valence-corrected chi connectivity index (χ2v) is 5.96. The number of aromatic nitrogens is 2. The minimum atomic E-state index is 0.224. The fraction of sp³-hybridized carbons (Fsp3) is 0.417. The van der Waals surface area contributed by atoms with Gasteiger partial charge in [0, 0.05) is 22.4 Å². The molecule has 0 radical (unpaired) electrons. The van der Waals surface area contributed by atoms with Crippen LogP contribution in [0.5, 0.6) is 0 Å². The first-order chi connectivity index (χ1) is 8.20. The number of Topliss-reactive ketones (excluding diaryl/α,β-unsaturated/α-hetero) is 1. The summed E-state index contributed by atoms with van der Waals surface area (Å²) in [5, 5.41) is 2.12. The molecular weight excluding hydrogens is 252 g/mol. The van der Waals surface area contributed by atoms with E-state index in [0.29, 0.717) is 6.42 Å². The predicted octanol–water partition coefficient (Wildman–Crippen LogP) is 3.32. The van der Waals surface area contributed by atoms with Gasteiger partial charge in [-0.2, -0.15) is 0 Å². The van der Waals surface area contributed by atoms with Crippen molar-refractivity contribution < 1.29 is 4.79 Å². The van der Waals surface area contributed by atoms with Gasteiger partial charge in [0.15, 0.2) is 0 Å². The van der Waals surface area contributed by atoms with Gasteiger partial charge in [-0.25, -0.2) is 9.97 Å². The van der Waals surface area contributed by atoms with Crippen molar-refractivity contribution in [1.29, 1.82) is 0 Å². The molecule has 0 bridgehead atoms. The molecule has 2 heterocycles. The van der Waals surface area contributed by atoms with Crippen molar-refractivity contribution in [3.05, 3.63) is 17.3 Å². The third-order valence-corrected chi connectivity index (χ3v) is 4.58. The molecule has 0 amide bonds. The highest BCUT2D eigenvalue weighted by molar-refractivity contribution is 7.99. The van der Waals surface area contributed by atoms with E-state index in [-0.39, 0.29) is 5.78 Å². The van der Waals surface area contributed by atoms with Crippen LogP contribution < -0.4 is 0 Å². The fourth-order valence-corrected chi connectivity index (χ4v) is 3.48. The molecule has 0 N–H and O–H groups in total. The Balaban J connectivity index is 2.21. The second kappa shape index (κ2) is 5.60. The zero-order valence-corrected chi connectivity index (χ0v) is 11.5. The summed E-state index contributed by atoms with van der Waals surface area (Å²) < 4.78 is 0. The van der Waals surface area contributed by atoms with Gasteiger partial charge >= 0.3 is 0 Å². The lowest BCUT2D eigenvalue weighted by Gasteiger charge is -1.99. The van der Waals surface area contributed by atoms with E-state index in [1.54, 1.807) is 36.3 Å². The van der Waals surface area contributed by atoms with Crippen molar-refractivity contribution in [3.8, 4) is 0 Å². The van der Waals surface area contributed by atoms with Crippen LogP contribution in [-0.2, 0) is 11.2 Å². The summed E-state index contributed by atoms with van der Waals surface area (Å²) in [4.78, 5) is 21.9. The van der Waals surface area contributed by atoms with E-state index in [1.807, 2.05) is 0 Å². The summed E-state index contributed by atoms with van der Waals surface area (Å²) in [6.07, 6.45) is 3.23. The van der Waals surface area contributed by atoms with Gasteiger partial charge in [-0.05, 0) is 19.4 Å². The van der Waals surface area contributed by atoms with Crippen LogP contribution in [0.2, 0.25) is 0 Å². The van der Waals surface area contributed by atoms with Crippen LogP contribution in [0.1, 0.15) is 25.1 Å². The van der Waals surface area contributed by atoms with Crippen LogP contribution in [0.4, 0.5) is 0 Å². The highest BCUT2D eigenvalue weighted by Crippen LogP contribution is 2.31. The molecule has 17 heavy (non-hydrogen) atoms. The van der Waals surface area contributed by atoms with Crippen molar-refractivity contribution in [2.45, 2.75) is 31.7 Å².